The van der Waals surface area contributed by atoms with Crippen molar-refractivity contribution in [2.24, 2.45) is 0 Å². The molecule has 1 aliphatic rings. The summed E-state index contributed by atoms with van der Waals surface area (Å²) >= 11 is 0. The van der Waals surface area contributed by atoms with Crippen molar-refractivity contribution in [3.05, 3.63) is 35.9 Å². The summed E-state index contributed by atoms with van der Waals surface area (Å²) in [5.74, 6) is -0.318. The predicted octanol–water partition coefficient (Wildman–Crippen LogP) is 4.87. The minimum absolute atomic E-state index is 0.214. The Bertz CT molecular complexity index is 651. The van der Waals surface area contributed by atoms with Crippen LogP contribution in [0.3, 0.4) is 0 Å². The topological polar surface area (TPSA) is 76.1 Å². The number of aliphatic hydroxyl groups excluding tert-OH is 1. The third-order valence-electron chi connectivity index (χ3n) is 5.97. The molecule has 6 heteroatoms. The Morgan fingerprint density at radius 3 is 2.39 bits per heavy atom. The maximum absolute atomic E-state index is 13.0. The van der Waals surface area contributed by atoms with Gasteiger partial charge in [0.1, 0.15) is 12.7 Å². The van der Waals surface area contributed by atoms with Gasteiger partial charge >= 0.3 is 6.09 Å². The van der Waals surface area contributed by atoms with E-state index in [4.69, 9.17) is 9.47 Å². The van der Waals surface area contributed by atoms with Gasteiger partial charge in [0.2, 0.25) is 0 Å². The molecular weight excluding hydrogens is 394 g/mol. The number of ether oxygens (including phenoxy) is 2. The molecule has 1 saturated heterocycles. The number of unbranched alkanes of at least 4 members (excludes halogenated alkanes) is 5. The van der Waals surface area contributed by atoms with Gasteiger partial charge in [-0.05, 0) is 31.2 Å². The maximum atomic E-state index is 13.0. The quantitative estimate of drug-likeness (QED) is 0.399. The number of nitrogens with zero attached hydrogens (tertiary/aromatic N) is 1. The van der Waals surface area contributed by atoms with Gasteiger partial charge in [-0.3, -0.25) is 4.79 Å². The molecule has 1 heterocycles. The van der Waals surface area contributed by atoms with Crippen molar-refractivity contribution in [1.29, 1.82) is 0 Å². The Hall–Kier alpha value is -1.92. The Balaban J connectivity index is 1.74. The van der Waals surface area contributed by atoms with E-state index in [0.29, 0.717) is 12.8 Å². The molecule has 2 rings (SSSR count). The maximum Gasteiger partial charge on any atom is 0.417 e. The van der Waals surface area contributed by atoms with Gasteiger partial charge in [-0.1, -0.05) is 82.2 Å². The Morgan fingerprint density at radius 2 is 1.74 bits per heavy atom. The second kappa shape index (κ2) is 14.2. The van der Waals surface area contributed by atoms with Gasteiger partial charge in [0, 0.05) is 7.11 Å². The Kier molecular flexibility index (Phi) is 11.6. The van der Waals surface area contributed by atoms with Crippen molar-refractivity contribution in [2.45, 2.75) is 95.8 Å². The van der Waals surface area contributed by atoms with Crippen LogP contribution in [0.2, 0.25) is 0 Å². The van der Waals surface area contributed by atoms with E-state index >= 15 is 0 Å². The van der Waals surface area contributed by atoms with Crippen molar-refractivity contribution < 1.29 is 24.2 Å². The molecule has 1 aromatic rings. The lowest BCUT2D eigenvalue weighted by molar-refractivity contribution is -0.140. The summed E-state index contributed by atoms with van der Waals surface area (Å²) in [5, 5.41) is 10.1. The van der Waals surface area contributed by atoms with E-state index in [-0.39, 0.29) is 24.7 Å². The van der Waals surface area contributed by atoms with Crippen molar-refractivity contribution >= 4 is 12.0 Å². The lowest BCUT2D eigenvalue weighted by Gasteiger charge is -2.24. The third-order valence-corrected chi connectivity index (χ3v) is 5.97. The first-order valence-corrected chi connectivity index (χ1v) is 11.8. The highest BCUT2D eigenvalue weighted by atomic mass is 16.6. The van der Waals surface area contributed by atoms with Gasteiger partial charge < -0.3 is 14.6 Å². The van der Waals surface area contributed by atoms with Crippen LogP contribution in [0.5, 0.6) is 0 Å². The number of hydrogen-bond donors (Lipinski definition) is 1. The molecule has 1 aliphatic heterocycles. The molecule has 174 valence electrons. The summed E-state index contributed by atoms with van der Waals surface area (Å²) in [6, 6.07) is 9.49. The summed E-state index contributed by atoms with van der Waals surface area (Å²) in [5.41, 5.74) is 1.06. The molecule has 0 aliphatic carbocycles. The van der Waals surface area contributed by atoms with Crippen LogP contribution >= 0.6 is 0 Å². The SMILES string of the molecule is CCCCCC[C@@H](O)CCCCC[C@@H](OC)C(=O)N1C(=O)OC[C@H]1Cc1ccccc1. The molecule has 1 fully saturated rings. The molecule has 0 spiro atoms. The molecule has 3 atom stereocenters. The van der Waals surface area contributed by atoms with Gasteiger partial charge in [-0.2, -0.15) is 0 Å². The van der Waals surface area contributed by atoms with E-state index in [9.17, 15) is 14.7 Å². The summed E-state index contributed by atoms with van der Waals surface area (Å²) in [4.78, 5) is 26.4. The fraction of sp³-hybridized carbons (Fsp3) is 0.680. The minimum atomic E-state index is -0.650. The number of imide groups is 1. The largest absolute Gasteiger partial charge is 0.447 e. The molecule has 2 amide bonds. The second-order valence-electron chi connectivity index (χ2n) is 8.49. The fourth-order valence-electron chi connectivity index (χ4n) is 4.10. The van der Waals surface area contributed by atoms with Crippen LogP contribution in [0.4, 0.5) is 4.79 Å². The number of carbonyl (C=O) groups is 2. The van der Waals surface area contributed by atoms with E-state index in [1.165, 1.54) is 31.3 Å². The smallest absolute Gasteiger partial charge is 0.417 e. The number of carbonyl (C=O) groups excluding carboxylic acids is 2. The summed E-state index contributed by atoms with van der Waals surface area (Å²) < 4.78 is 10.6. The summed E-state index contributed by atoms with van der Waals surface area (Å²) in [6.45, 7) is 2.40. The van der Waals surface area contributed by atoms with Crippen LogP contribution < -0.4 is 0 Å². The highest BCUT2D eigenvalue weighted by Crippen LogP contribution is 2.21. The number of aliphatic hydroxyl groups is 1. The number of rotatable bonds is 15. The highest BCUT2D eigenvalue weighted by Gasteiger charge is 2.40. The van der Waals surface area contributed by atoms with Crippen LogP contribution in [-0.4, -0.2) is 54.0 Å². The van der Waals surface area contributed by atoms with E-state index < -0.39 is 12.2 Å². The van der Waals surface area contributed by atoms with Crippen LogP contribution in [-0.2, 0) is 20.7 Å². The summed E-state index contributed by atoms with van der Waals surface area (Å²) in [6.07, 6.45) is 8.74. The zero-order valence-corrected chi connectivity index (χ0v) is 19.1. The summed E-state index contributed by atoms with van der Waals surface area (Å²) in [7, 11) is 1.51. The van der Waals surface area contributed by atoms with Crippen molar-refractivity contribution in [2.75, 3.05) is 13.7 Å². The third kappa shape index (κ3) is 8.62. The van der Waals surface area contributed by atoms with Crippen LogP contribution in [0.15, 0.2) is 30.3 Å². The average Bonchev–Trinajstić information content (AvgIpc) is 3.14. The predicted molar refractivity (Wildman–Crippen MR) is 121 cm³/mol. The number of amides is 2. The molecule has 0 bridgehead atoms. The van der Waals surface area contributed by atoms with Crippen molar-refractivity contribution in [3.8, 4) is 0 Å². The van der Waals surface area contributed by atoms with Gasteiger partial charge in [-0.25, -0.2) is 9.69 Å². The molecule has 31 heavy (non-hydrogen) atoms. The van der Waals surface area contributed by atoms with Crippen LogP contribution in [0.1, 0.15) is 76.7 Å². The zero-order chi connectivity index (χ0) is 22.5. The number of hydrogen-bond acceptors (Lipinski definition) is 5. The molecule has 1 aromatic carbocycles. The molecule has 6 nitrogen and oxygen atoms in total. The van der Waals surface area contributed by atoms with Gasteiger partial charge in [0.25, 0.3) is 5.91 Å². The van der Waals surface area contributed by atoms with Crippen molar-refractivity contribution in [1.82, 2.24) is 4.90 Å². The molecule has 0 unspecified atom stereocenters. The normalized spacial score (nSPS) is 18.1. The van der Waals surface area contributed by atoms with E-state index in [0.717, 1.165) is 44.1 Å². The first kappa shape index (κ1) is 25.3. The first-order chi connectivity index (χ1) is 15.1. The molecule has 0 aromatic heterocycles. The van der Waals surface area contributed by atoms with Gasteiger partial charge in [0.15, 0.2) is 0 Å². The minimum Gasteiger partial charge on any atom is -0.447 e. The molecule has 0 saturated carbocycles. The van der Waals surface area contributed by atoms with Crippen LogP contribution in [0, 0.1) is 0 Å². The molecular formula is C25H39NO5. The average molecular weight is 434 g/mol. The Morgan fingerprint density at radius 1 is 1.10 bits per heavy atom. The Labute approximate surface area is 186 Å². The standard InChI is InChI=1S/C25H39NO5/c1-3-4-5-10-15-22(27)16-11-7-12-17-23(30-2)24(28)26-21(19-31-25(26)29)18-20-13-8-6-9-14-20/h6,8-9,13-14,21-23,27H,3-5,7,10-12,15-19H2,1-2H3/t21-,22-,23-/m1/s1. The second-order valence-corrected chi connectivity index (χ2v) is 8.49. The van der Waals surface area contributed by atoms with Crippen molar-refractivity contribution in [3.63, 3.8) is 0 Å². The fourth-order valence-corrected chi connectivity index (χ4v) is 4.10. The number of benzene rings is 1. The lowest BCUT2D eigenvalue weighted by atomic mass is 10.0. The number of methoxy groups -OCH3 is 1. The molecule has 0 radical (unpaired) electrons. The molecule has 1 N–H and O–H groups in total. The van der Waals surface area contributed by atoms with E-state index in [2.05, 4.69) is 6.92 Å². The van der Waals surface area contributed by atoms with Gasteiger partial charge in [-0.15, -0.1) is 0 Å². The van der Waals surface area contributed by atoms with E-state index in [1.807, 2.05) is 30.3 Å². The number of cyclic esters (lactones) is 1. The van der Waals surface area contributed by atoms with Crippen LogP contribution in [0.25, 0.3) is 0 Å². The van der Waals surface area contributed by atoms with Gasteiger partial charge in [0.05, 0.1) is 12.1 Å². The zero-order valence-electron chi connectivity index (χ0n) is 19.1. The lowest BCUT2D eigenvalue weighted by Crippen LogP contribution is -2.46. The highest BCUT2D eigenvalue weighted by molar-refractivity contribution is 5.96. The first-order valence-electron chi connectivity index (χ1n) is 11.8. The van der Waals surface area contributed by atoms with E-state index in [1.54, 1.807) is 0 Å². The monoisotopic (exact) mass is 433 g/mol.